The van der Waals surface area contributed by atoms with Crippen LogP contribution in [0.2, 0.25) is 0 Å². The molecule has 1 aromatic rings. The molecule has 0 saturated carbocycles. The van der Waals surface area contributed by atoms with Crippen LogP contribution >= 0.6 is 0 Å². The molecule has 2 unspecified atom stereocenters. The number of carbonyl (C=O) groups excluding carboxylic acids is 3. The summed E-state index contributed by atoms with van der Waals surface area (Å²) in [5.41, 5.74) is 13.7. The Morgan fingerprint density at radius 2 is 1.72 bits per heavy atom. The highest BCUT2D eigenvalue weighted by atomic mass is 16.2. The van der Waals surface area contributed by atoms with Gasteiger partial charge in [0.25, 0.3) is 0 Å². The van der Waals surface area contributed by atoms with Gasteiger partial charge in [-0.2, -0.15) is 0 Å². The summed E-state index contributed by atoms with van der Waals surface area (Å²) in [5, 5.41) is 2.92. The number of nitrogens with one attached hydrogen (secondary N) is 1. The fourth-order valence-corrected chi connectivity index (χ4v) is 3.86. The van der Waals surface area contributed by atoms with Crippen molar-refractivity contribution in [2.45, 2.75) is 64.7 Å². The van der Waals surface area contributed by atoms with Gasteiger partial charge in [0.1, 0.15) is 6.04 Å². The smallest absolute Gasteiger partial charge is 0.243 e. The van der Waals surface area contributed by atoms with Gasteiger partial charge in [-0.05, 0) is 30.4 Å². The quantitative estimate of drug-likeness (QED) is 0.523. The Bertz CT molecular complexity index is 785. The molecule has 0 aliphatic carbocycles. The van der Waals surface area contributed by atoms with Crippen LogP contribution in [0.4, 0.5) is 0 Å². The molecule has 0 radical (unpaired) electrons. The number of likely N-dealkylation sites (tertiary alicyclic amines) is 1. The molecule has 2 heterocycles. The fraction of sp³-hybridized carbons (Fsp3) is 0.542. The fourth-order valence-electron chi connectivity index (χ4n) is 3.86. The third-order valence-electron chi connectivity index (χ3n) is 5.72. The zero-order valence-electron chi connectivity index (χ0n) is 19.3. The average Bonchev–Trinajstić information content (AvgIpc) is 3.54. The van der Waals surface area contributed by atoms with Gasteiger partial charge < -0.3 is 26.6 Å². The van der Waals surface area contributed by atoms with Crippen LogP contribution in [0.15, 0.2) is 36.4 Å². The van der Waals surface area contributed by atoms with E-state index < -0.39 is 12.1 Å². The first kappa shape index (κ1) is 25.5. The maximum atomic E-state index is 12.8. The third kappa shape index (κ3) is 6.90. The summed E-state index contributed by atoms with van der Waals surface area (Å²) in [6.45, 7) is 6.62. The van der Waals surface area contributed by atoms with Crippen LogP contribution in [0.3, 0.4) is 0 Å². The van der Waals surface area contributed by atoms with Gasteiger partial charge in [0.15, 0.2) is 0 Å². The summed E-state index contributed by atoms with van der Waals surface area (Å²) >= 11 is 0. The van der Waals surface area contributed by atoms with Crippen LogP contribution in [-0.4, -0.2) is 59.2 Å². The molecule has 32 heavy (non-hydrogen) atoms. The SMILES string of the molecule is CC.NCc1ccc(CNC(=O)C2CCCN2C(=O)C(N)CCC(=O)N2CC=CC2)cc1. The van der Waals surface area contributed by atoms with Gasteiger partial charge in [-0.1, -0.05) is 50.3 Å². The second-order valence-corrected chi connectivity index (χ2v) is 7.84. The zero-order valence-corrected chi connectivity index (χ0v) is 19.3. The van der Waals surface area contributed by atoms with E-state index in [1.807, 2.05) is 50.3 Å². The number of benzene rings is 1. The second kappa shape index (κ2) is 13.0. The minimum Gasteiger partial charge on any atom is -0.350 e. The first-order chi connectivity index (χ1) is 15.5. The van der Waals surface area contributed by atoms with Crippen LogP contribution in [0.1, 0.15) is 50.7 Å². The first-order valence-electron chi connectivity index (χ1n) is 11.5. The van der Waals surface area contributed by atoms with Gasteiger partial charge in [-0.25, -0.2) is 0 Å². The summed E-state index contributed by atoms with van der Waals surface area (Å²) in [6, 6.07) is 6.45. The lowest BCUT2D eigenvalue weighted by atomic mass is 10.1. The summed E-state index contributed by atoms with van der Waals surface area (Å²) in [5.74, 6) is -0.429. The Kier molecular flexibility index (Phi) is 10.4. The van der Waals surface area contributed by atoms with Crippen molar-refractivity contribution in [1.29, 1.82) is 0 Å². The summed E-state index contributed by atoms with van der Waals surface area (Å²) < 4.78 is 0. The number of carbonyl (C=O) groups is 3. The first-order valence-corrected chi connectivity index (χ1v) is 11.5. The predicted molar refractivity (Wildman–Crippen MR) is 125 cm³/mol. The van der Waals surface area contributed by atoms with Crippen molar-refractivity contribution in [2.24, 2.45) is 11.5 Å². The van der Waals surface area contributed by atoms with Crippen LogP contribution in [0.25, 0.3) is 0 Å². The van der Waals surface area contributed by atoms with Crippen LogP contribution < -0.4 is 16.8 Å². The molecule has 5 N–H and O–H groups in total. The molecule has 3 rings (SSSR count). The molecule has 2 aliphatic heterocycles. The second-order valence-electron chi connectivity index (χ2n) is 7.84. The maximum Gasteiger partial charge on any atom is 0.243 e. The summed E-state index contributed by atoms with van der Waals surface area (Å²) in [7, 11) is 0. The Balaban J connectivity index is 0.00000176. The number of nitrogens with two attached hydrogens (primary N) is 2. The average molecular weight is 444 g/mol. The monoisotopic (exact) mass is 443 g/mol. The Morgan fingerprint density at radius 1 is 1.09 bits per heavy atom. The number of rotatable bonds is 8. The molecule has 0 aromatic heterocycles. The van der Waals surface area contributed by atoms with E-state index in [0.717, 1.165) is 17.5 Å². The number of nitrogens with zero attached hydrogens (tertiary/aromatic N) is 2. The van der Waals surface area contributed by atoms with Gasteiger partial charge in [-0.15, -0.1) is 0 Å². The van der Waals surface area contributed by atoms with E-state index in [1.165, 1.54) is 0 Å². The zero-order chi connectivity index (χ0) is 23.5. The molecular weight excluding hydrogens is 406 g/mol. The molecule has 176 valence electrons. The van der Waals surface area contributed by atoms with Crippen molar-refractivity contribution in [1.82, 2.24) is 15.1 Å². The molecule has 0 bridgehead atoms. The van der Waals surface area contributed by atoms with Crippen molar-refractivity contribution in [3.63, 3.8) is 0 Å². The van der Waals surface area contributed by atoms with Crippen molar-refractivity contribution in [3.8, 4) is 0 Å². The Labute approximate surface area is 191 Å². The molecule has 1 saturated heterocycles. The van der Waals surface area contributed by atoms with Gasteiger partial charge in [0.05, 0.1) is 6.04 Å². The number of hydrogen-bond acceptors (Lipinski definition) is 5. The molecule has 8 heteroatoms. The summed E-state index contributed by atoms with van der Waals surface area (Å²) in [4.78, 5) is 41.0. The highest BCUT2D eigenvalue weighted by Crippen LogP contribution is 2.19. The van der Waals surface area contributed by atoms with E-state index in [-0.39, 0.29) is 30.6 Å². The van der Waals surface area contributed by atoms with E-state index in [4.69, 9.17) is 11.5 Å². The van der Waals surface area contributed by atoms with Crippen LogP contribution in [0, 0.1) is 0 Å². The van der Waals surface area contributed by atoms with E-state index >= 15 is 0 Å². The van der Waals surface area contributed by atoms with Crippen molar-refractivity contribution in [2.75, 3.05) is 19.6 Å². The maximum absolute atomic E-state index is 12.8. The van der Waals surface area contributed by atoms with Crippen molar-refractivity contribution >= 4 is 17.7 Å². The lowest BCUT2D eigenvalue weighted by molar-refractivity contribution is -0.140. The van der Waals surface area contributed by atoms with Gasteiger partial charge >= 0.3 is 0 Å². The van der Waals surface area contributed by atoms with E-state index in [2.05, 4.69) is 5.32 Å². The lowest BCUT2D eigenvalue weighted by Crippen LogP contribution is -2.51. The molecule has 8 nitrogen and oxygen atoms in total. The van der Waals surface area contributed by atoms with Crippen molar-refractivity contribution in [3.05, 3.63) is 47.5 Å². The number of amides is 3. The molecule has 2 aliphatic rings. The molecule has 0 spiro atoms. The largest absolute Gasteiger partial charge is 0.350 e. The molecular formula is C24H37N5O3. The predicted octanol–water partition coefficient (Wildman–Crippen LogP) is 1.28. The highest BCUT2D eigenvalue weighted by molar-refractivity contribution is 5.90. The molecule has 3 amide bonds. The Hall–Kier alpha value is -2.71. The van der Waals surface area contributed by atoms with E-state index in [1.54, 1.807) is 9.80 Å². The van der Waals surface area contributed by atoms with Crippen molar-refractivity contribution < 1.29 is 14.4 Å². The minimum atomic E-state index is -0.776. The third-order valence-corrected chi connectivity index (χ3v) is 5.72. The molecule has 2 atom stereocenters. The summed E-state index contributed by atoms with van der Waals surface area (Å²) in [6.07, 6.45) is 5.80. The van der Waals surface area contributed by atoms with Gasteiger partial charge in [0, 0.05) is 39.1 Å². The van der Waals surface area contributed by atoms with Crippen LogP contribution in [-0.2, 0) is 27.5 Å². The topological polar surface area (TPSA) is 122 Å². The molecule has 1 fully saturated rings. The molecule has 1 aromatic carbocycles. The Morgan fingerprint density at radius 3 is 2.34 bits per heavy atom. The van der Waals surface area contributed by atoms with E-state index in [9.17, 15) is 14.4 Å². The van der Waals surface area contributed by atoms with Gasteiger partial charge in [-0.3, -0.25) is 14.4 Å². The lowest BCUT2D eigenvalue weighted by Gasteiger charge is -2.27. The minimum absolute atomic E-state index is 0.000353. The number of hydrogen-bond donors (Lipinski definition) is 3. The highest BCUT2D eigenvalue weighted by Gasteiger charge is 2.36. The standard InChI is InChI=1S/C22H31N5O3.C2H6/c23-14-16-5-7-17(8-6-16)15-25-21(29)19-4-3-13-27(19)22(30)18(24)9-10-20(28)26-11-1-2-12-26;1-2/h1-2,5-8,18-19H,3-4,9-15,23-24H2,(H,25,29);1-2H3. The van der Waals surface area contributed by atoms with Crippen LogP contribution in [0.5, 0.6) is 0 Å². The normalized spacial score (nSPS) is 18.2. The van der Waals surface area contributed by atoms with Gasteiger partial charge in [0.2, 0.25) is 17.7 Å². The van der Waals surface area contributed by atoms with E-state index in [0.29, 0.717) is 39.1 Å².